The molecule has 2 aliphatic rings. The van der Waals surface area contributed by atoms with Crippen LogP contribution in [0.2, 0.25) is 0 Å². The van der Waals surface area contributed by atoms with Gasteiger partial charge < -0.3 is 5.73 Å². The highest BCUT2D eigenvalue weighted by molar-refractivity contribution is 7.86. The number of halogens is 1. The zero-order chi connectivity index (χ0) is 15.7. The first-order valence-electron chi connectivity index (χ1n) is 7.49. The van der Waals surface area contributed by atoms with Gasteiger partial charge in [-0.25, -0.2) is 4.39 Å². The Kier molecular flexibility index (Phi) is 4.35. The highest BCUT2D eigenvalue weighted by Crippen LogP contribution is 2.20. The molecule has 2 aliphatic heterocycles. The van der Waals surface area contributed by atoms with Crippen molar-refractivity contribution in [2.75, 3.05) is 45.0 Å². The second kappa shape index (κ2) is 6.11. The molecule has 0 spiro atoms. The first kappa shape index (κ1) is 15.7. The maximum atomic E-state index is 13.9. The Morgan fingerprint density at radius 2 is 1.68 bits per heavy atom. The summed E-state index contributed by atoms with van der Waals surface area (Å²) in [5.74, 6) is -0.377. The summed E-state index contributed by atoms with van der Waals surface area (Å²) < 4.78 is 41.5. The van der Waals surface area contributed by atoms with Crippen molar-refractivity contribution >= 4 is 15.9 Å². The van der Waals surface area contributed by atoms with Gasteiger partial charge in [0, 0.05) is 51.4 Å². The van der Waals surface area contributed by atoms with Gasteiger partial charge in [-0.05, 0) is 12.5 Å². The van der Waals surface area contributed by atoms with E-state index in [-0.39, 0.29) is 11.5 Å². The van der Waals surface area contributed by atoms with Gasteiger partial charge in [0.25, 0.3) is 10.2 Å². The van der Waals surface area contributed by atoms with Gasteiger partial charge in [0.15, 0.2) is 5.82 Å². The summed E-state index contributed by atoms with van der Waals surface area (Å²) >= 11 is 0. The van der Waals surface area contributed by atoms with Gasteiger partial charge in [-0.15, -0.1) is 0 Å². The molecule has 1 aromatic carbocycles. The molecule has 0 unspecified atom stereocenters. The molecule has 0 radical (unpaired) electrons. The van der Waals surface area contributed by atoms with Crippen LogP contribution in [0.5, 0.6) is 0 Å². The van der Waals surface area contributed by atoms with Crippen molar-refractivity contribution in [3.63, 3.8) is 0 Å². The molecule has 0 aromatic heterocycles. The molecule has 2 heterocycles. The number of benzene rings is 1. The predicted octanol–water partition coefficient (Wildman–Crippen LogP) is 0.476. The monoisotopic (exact) mass is 328 g/mol. The summed E-state index contributed by atoms with van der Waals surface area (Å²) in [5, 5.41) is 0. The maximum absolute atomic E-state index is 13.9. The van der Waals surface area contributed by atoms with Crippen LogP contribution in [-0.2, 0) is 16.8 Å². The number of nitrogens with two attached hydrogens (primary N) is 1. The lowest BCUT2D eigenvalue weighted by Crippen LogP contribution is -2.55. The standard InChI is InChI=1S/C14H21FN4O2S/c15-14-12(3-1-4-13(14)16)11-17-7-9-19(10-8-17)22(20,21)18-5-2-6-18/h1,3-4H,2,5-11,16H2. The second-order valence-electron chi connectivity index (χ2n) is 5.76. The SMILES string of the molecule is Nc1cccc(CN2CCN(S(=O)(=O)N3CCC3)CC2)c1F. The first-order valence-corrected chi connectivity index (χ1v) is 8.88. The van der Waals surface area contributed by atoms with Crippen LogP contribution < -0.4 is 5.73 Å². The number of hydrogen-bond donors (Lipinski definition) is 1. The molecule has 0 saturated carbocycles. The molecule has 122 valence electrons. The van der Waals surface area contributed by atoms with E-state index >= 15 is 0 Å². The van der Waals surface area contributed by atoms with Crippen molar-refractivity contribution in [2.24, 2.45) is 0 Å². The van der Waals surface area contributed by atoms with Gasteiger partial charge in [0.2, 0.25) is 0 Å². The van der Waals surface area contributed by atoms with Gasteiger partial charge in [-0.1, -0.05) is 12.1 Å². The van der Waals surface area contributed by atoms with E-state index in [0.29, 0.717) is 51.4 Å². The Balaban J connectivity index is 1.59. The van der Waals surface area contributed by atoms with Crippen molar-refractivity contribution < 1.29 is 12.8 Å². The van der Waals surface area contributed by atoms with Crippen molar-refractivity contribution in [3.8, 4) is 0 Å². The van der Waals surface area contributed by atoms with Gasteiger partial charge in [0.05, 0.1) is 5.69 Å². The molecule has 0 bridgehead atoms. The number of anilines is 1. The highest BCUT2D eigenvalue weighted by Gasteiger charge is 2.35. The Hall–Kier alpha value is -1.22. The average Bonchev–Trinajstić information content (AvgIpc) is 2.42. The first-order chi connectivity index (χ1) is 10.5. The summed E-state index contributed by atoms with van der Waals surface area (Å²) in [6.45, 7) is 3.79. The van der Waals surface area contributed by atoms with Crippen LogP contribution in [-0.4, -0.2) is 61.2 Å². The lowest BCUT2D eigenvalue weighted by molar-refractivity contribution is 0.168. The zero-order valence-corrected chi connectivity index (χ0v) is 13.2. The molecule has 3 rings (SSSR count). The Morgan fingerprint density at radius 1 is 1.05 bits per heavy atom. The number of nitrogen functional groups attached to an aromatic ring is 1. The van der Waals surface area contributed by atoms with E-state index < -0.39 is 10.2 Å². The number of hydrogen-bond acceptors (Lipinski definition) is 4. The van der Waals surface area contributed by atoms with Crippen molar-refractivity contribution in [1.29, 1.82) is 0 Å². The number of nitrogens with zero attached hydrogens (tertiary/aromatic N) is 3. The summed E-state index contributed by atoms with van der Waals surface area (Å²) in [6.07, 6.45) is 0.938. The third-order valence-corrected chi connectivity index (χ3v) is 6.34. The van der Waals surface area contributed by atoms with Gasteiger partial charge in [-0.3, -0.25) is 4.90 Å². The van der Waals surface area contributed by atoms with Crippen LogP contribution in [0.25, 0.3) is 0 Å². The molecule has 6 nitrogen and oxygen atoms in total. The van der Waals surface area contributed by atoms with Crippen molar-refractivity contribution in [1.82, 2.24) is 13.5 Å². The van der Waals surface area contributed by atoms with Crippen molar-refractivity contribution in [2.45, 2.75) is 13.0 Å². The topological polar surface area (TPSA) is 69.9 Å². The summed E-state index contributed by atoms with van der Waals surface area (Å²) in [4.78, 5) is 2.06. The predicted molar refractivity (Wildman–Crippen MR) is 82.8 cm³/mol. The largest absolute Gasteiger partial charge is 0.396 e. The summed E-state index contributed by atoms with van der Waals surface area (Å²) in [5.41, 5.74) is 6.28. The Labute approximate surface area is 130 Å². The molecule has 0 aliphatic carbocycles. The minimum absolute atomic E-state index is 0.150. The zero-order valence-electron chi connectivity index (χ0n) is 12.4. The normalized spacial score (nSPS) is 21.7. The molecule has 0 amide bonds. The van der Waals surface area contributed by atoms with Crippen LogP contribution in [0, 0.1) is 5.82 Å². The molecule has 2 saturated heterocycles. The van der Waals surface area contributed by atoms with Crippen LogP contribution in [0.3, 0.4) is 0 Å². The van der Waals surface area contributed by atoms with Gasteiger partial charge >= 0.3 is 0 Å². The van der Waals surface area contributed by atoms with E-state index in [9.17, 15) is 12.8 Å². The molecular weight excluding hydrogens is 307 g/mol. The third kappa shape index (κ3) is 2.96. The van der Waals surface area contributed by atoms with Crippen molar-refractivity contribution in [3.05, 3.63) is 29.6 Å². The molecule has 22 heavy (non-hydrogen) atoms. The Bertz CT molecular complexity index is 640. The number of rotatable bonds is 4. The minimum atomic E-state index is -3.29. The molecule has 8 heteroatoms. The molecule has 1 aromatic rings. The van der Waals surface area contributed by atoms with E-state index in [1.807, 2.05) is 0 Å². The number of piperazine rings is 1. The van der Waals surface area contributed by atoms with E-state index in [0.717, 1.165) is 6.42 Å². The lowest BCUT2D eigenvalue weighted by atomic mass is 10.1. The smallest absolute Gasteiger partial charge is 0.282 e. The fraction of sp³-hybridized carbons (Fsp3) is 0.571. The second-order valence-corrected chi connectivity index (χ2v) is 7.68. The Morgan fingerprint density at radius 3 is 2.27 bits per heavy atom. The fourth-order valence-corrected chi connectivity index (χ4v) is 4.43. The van der Waals surface area contributed by atoms with Crippen LogP contribution in [0.15, 0.2) is 18.2 Å². The van der Waals surface area contributed by atoms with Crippen LogP contribution in [0.1, 0.15) is 12.0 Å². The van der Waals surface area contributed by atoms with E-state index in [1.165, 1.54) is 14.7 Å². The highest BCUT2D eigenvalue weighted by atomic mass is 32.2. The minimum Gasteiger partial charge on any atom is -0.396 e. The maximum Gasteiger partial charge on any atom is 0.282 e. The van der Waals surface area contributed by atoms with E-state index in [4.69, 9.17) is 5.73 Å². The lowest BCUT2D eigenvalue weighted by Gasteiger charge is -2.39. The quantitative estimate of drug-likeness (QED) is 0.816. The molecule has 2 N–H and O–H groups in total. The molecular formula is C14H21FN4O2S. The summed E-state index contributed by atoms with van der Waals surface area (Å²) in [6, 6.07) is 4.99. The van der Waals surface area contributed by atoms with Gasteiger partial charge in [-0.2, -0.15) is 17.0 Å². The summed E-state index contributed by atoms with van der Waals surface area (Å²) in [7, 11) is -3.29. The van der Waals surface area contributed by atoms with E-state index in [2.05, 4.69) is 4.90 Å². The van der Waals surface area contributed by atoms with Crippen LogP contribution >= 0.6 is 0 Å². The van der Waals surface area contributed by atoms with Gasteiger partial charge in [0.1, 0.15) is 0 Å². The fourth-order valence-electron chi connectivity index (χ4n) is 2.76. The third-order valence-electron chi connectivity index (χ3n) is 4.30. The van der Waals surface area contributed by atoms with E-state index in [1.54, 1.807) is 12.1 Å². The average molecular weight is 328 g/mol. The molecule has 0 atom stereocenters. The molecule has 2 fully saturated rings. The van der Waals surface area contributed by atoms with Crippen LogP contribution in [0.4, 0.5) is 10.1 Å².